The third-order valence-corrected chi connectivity index (χ3v) is 6.81. The lowest BCUT2D eigenvalue weighted by Gasteiger charge is -2.35. The molecule has 0 saturated carbocycles. The monoisotopic (exact) mass is 508 g/mol. The molecule has 4 rings (SSSR count). The van der Waals surface area contributed by atoms with Gasteiger partial charge in [0, 0.05) is 36.7 Å². The van der Waals surface area contributed by atoms with Crippen LogP contribution in [0.5, 0.6) is 0 Å². The molecule has 0 aliphatic carbocycles. The second-order valence-electron chi connectivity index (χ2n) is 9.68. The van der Waals surface area contributed by atoms with Crippen LogP contribution < -0.4 is 0 Å². The summed E-state index contributed by atoms with van der Waals surface area (Å²) in [6.07, 6.45) is -0.0192. The Labute approximate surface area is 216 Å². The first-order chi connectivity index (χ1) is 17.7. The molecule has 3 atom stereocenters. The van der Waals surface area contributed by atoms with Crippen molar-refractivity contribution in [3.63, 3.8) is 0 Å². The molecule has 0 aromatic heterocycles. The van der Waals surface area contributed by atoms with E-state index in [4.69, 9.17) is 9.47 Å². The average molecular weight is 509 g/mol. The highest BCUT2D eigenvalue weighted by atomic mass is 19.1. The second-order valence-corrected chi connectivity index (χ2v) is 9.68. The largest absolute Gasteiger partial charge is 0.463 e. The maximum atomic E-state index is 13.5. The number of amides is 2. The first kappa shape index (κ1) is 26.5. The molecule has 3 unspecified atom stereocenters. The Kier molecular flexibility index (Phi) is 8.07. The summed E-state index contributed by atoms with van der Waals surface area (Å²) in [6, 6.07) is 13.1. The van der Waals surface area contributed by atoms with Crippen molar-refractivity contribution in [3.05, 3.63) is 82.3 Å². The van der Waals surface area contributed by atoms with E-state index in [1.165, 1.54) is 12.1 Å². The van der Waals surface area contributed by atoms with Crippen LogP contribution in [0.4, 0.5) is 4.39 Å². The maximum absolute atomic E-state index is 13.5. The molecule has 2 amide bonds. The van der Waals surface area contributed by atoms with Gasteiger partial charge >= 0.3 is 5.97 Å². The lowest BCUT2D eigenvalue weighted by atomic mass is 9.83. The number of ether oxygens (including phenoxy) is 2. The fraction of sp³-hybridized carbons (Fsp3) is 0.414. The van der Waals surface area contributed by atoms with Crippen molar-refractivity contribution >= 4 is 17.8 Å². The van der Waals surface area contributed by atoms with Gasteiger partial charge in [-0.1, -0.05) is 24.3 Å². The van der Waals surface area contributed by atoms with Crippen LogP contribution in [0.3, 0.4) is 0 Å². The lowest BCUT2D eigenvalue weighted by Crippen LogP contribution is -2.48. The van der Waals surface area contributed by atoms with Crippen molar-refractivity contribution in [2.75, 3.05) is 19.7 Å². The van der Waals surface area contributed by atoms with E-state index in [9.17, 15) is 18.8 Å². The van der Waals surface area contributed by atoms with E-state index in [-0.39, 0.29) is 49.4 Å². The van der Waals surface area contributed by atoms with E-state index in [1.807, 2.05) is 19.9 Å². The highest BCUT2D eigenvalue weighted by Crippen LogP contribution is 2.37. The van der Waals surface area contributed by atoms with E-state index in [0.29, 0.717) is 35.5 Å². The van der Waals surface area contributed by atoms with Crippen molar-refractivity contribution in [1.82, 2.24) is 9.80 Å². The van der Waals surface area contributed by atoms with Crippen LogP contribution >= 0.6 is 0 Å². The molecule has 0 bridgehead atoms. The van der Waals surface area contributed by atoms with Gasteiger partial charge in [-0.15, -0.1) is 0 Å². The zero-order valence-corrected chi connectivity index (χ0v) is 21.7. The minimum atomic E-state index is -0.526. The molecule has 0 radical (unpaired) electrons. The molecule has 8 heteroatoms. The molecule has 2 heterocycles. The number of rotatable bonds is 6. The van der Waals surface area contributed by atoms with Crippen molar-refractivity contribution in [3.8, 4) is 0 Å². The minimum Gasteiger partial charge on any atom is -0.463 e. The minimum absolute atomic E-state index is 0.0370. The molecule has 2 aliphatic rings. The Hall–Kier alpha value is -3.52. The molecule has 0 spiro atoms. The third kappa shape index (κ3) is 5.91. The highest BCUT2D eigenvalue weighted by Gasteiger charge is 2.37. The zero-order valence-electron chi connectivity index (χ0n) is 21.7. The molecule has 2 aliphatic heterocycles. The fourth-order valence-electron chi connectivity index (χ4n) is 5.17. The number of hydrogen-bond donors (Lipinski definition) is 0. The van der Waals surface area contributed by atoms with Gasteiger partial charge in [0.2, 0.25) is 5.91 Å². The average Bonchev–Trinajstić information content (AvgIpc) is 2.86. The van der Waals surface area contributed by atoms with Crippen LogP contribution in [0.15, 0.2) is 59.8 Å². The van der Waals surface area contributed by atoms with Gasteiger partial charge < -0.3 is 19.3 Å². The van der Waals surface area contributed by atoms with Gasteiger partial charge in [-0.3, -0.25) is 9.59 Å². The van der Waals surface area contributed by atoms with Crippen molar-refractivity contribution < 1.29 is 28.2 Å². The molecule has 196 valence electrons. The molecule has 2 aromatic carbocycles. The number of esters is 1. The summed E-state index contributed by atoms with van der Waals surface area (Å²) in [7, 11) is 0. The zero-order chi connectivity index (χ0) is 26.7. The SMILES string of the molecule is CCOC(=O)C1=C(C)N(Cc2cccc(C(=O)N3CC(C)OC(C)C3)c2)C(=O)CC1c1ccc(F)cc1. The van der Waals surface area contributed by atoms with Crippen molar-refractivity contribution in [2.24, 2.45) is 0 Å². The first-order valence-electron chi connectivity index (χ1n) is 12.6. The molecule has 37 heavy (non-hydrogen) atoms. The molecular weight excluding hydrogens is 475 g/mol. The van der Waals surface area contributed by atoms with Gasteiger partial charge in [0.15, 0.2) is 0 Å². The number of halogens is 1. The van der Waals surface area contributed by atoms with E-state index < -0.39 is 11.9 Å². The Bertz CT molecular complexity index is 1200. The summed E-state index contributed by atoms with van der Waals surface area (Å²) in [5.74, 6) is -1.65. The van der Waals surface area contributed by atoms with E-state index in [1.54, 1.807) is 54.0 Å². The van der Waals surface area contributed by atoms with Crippen LogP contribution in [0.1, 0.15) is 61.5 Å². The summed E-state index contributed by atoms with van der Waals surface area (Å²) >= 11 is 0. The molecule has 0 N–H and O–H groups in total. The number of allylic oxidation sites excluding steroid dienone is 1. The summed E-state index contributed by atoms with van der Waals surface area (Å²) in [5.41, 5.74) is 2.88. The van der Waals surface area contributed by atoms with Gasteiger partial charge in [0.1, 0.15) is 5.82 Å². The molecule has 7 nitrogen and oxygen atoms in total. The van der Waals surface area contributed by atoms with E-state index >= 15 is 0 Å². The number of benzene rings is 2. The van der Waals surface area contributed by atoms with Crippen LogP contribution in [0.25, 0.3) is 0 Å². The topological polar surface area (TPSA) is 76.2 Å². The van der Waals surface area contributed by atoms with Gasteiger partial charge in [0.05, 0.1) is 30.9 Å². The van der Waals surface area contributed by atoms with Crippen molar-refractivity contribution in [2.45, 2.75) is 58.8 Å². The summed E-state index contributed by atoms with van der Waals surface area (Å²) in [5, 5.41) is 0. The predicted molar refractivity (Wildman–Crippen MR) is 136 cm³/mol. The fourth-order valence-corrected chi connectivity index (χ4v) is 5.17. The lowest BCUT2D eigenvalue weighted by molar-refractivity contribution is -0.140. The number of hydrogen-bond acceptors (Lipinski definition) is 5. The van der Waals surface area contributed by atoms with Gasteiger partial charge in [-0.05, 0) is 63.1 Å². The quantitative estimate of drug-likeness (QED) is 0.540. The molecule has 1 fully saturated rings. The van der Waals surface area contributed by atoms with Gasteiger partial charge in [-0.2, -0.15) is 0 Å². The second kappa shape index (κ2) is 11.3. The first-order valence-corrected chi connectivity index (χ1v) is 12.6. The molecule has 2 aromatic rings. The highest BCUT2D eigenvalue weighted by molar-refractivity contribution is 5.96. The van der Waals surface area contributed by atoms with Crippen LogP contribution in [0, 0.1) is 5.82 Å². The normalized spacial score (nSPS) is 22.3. The Morgan fingerprint density at radius 1 is 1.08 bits per heavy atom. The summed E-state index contributed by atoms with van der Waals surface area (Å²) in [4.78, 5) is 42.8. The number of carbonyl (C=O) groups excluding carboxylic acids is 3. The number of morpholine rings is 1. The van der Waals surface area contributed by atoms with Gasteiger partial charge in [0.25, 0.3) is 5.91 Å². The van der Waals surface area contributed by atoms with Gasteiger partial charge in [-0.25, -0.2) is 9.18 Å². The Morgan fingerprint density at radius 3 is 2.41 bits per heavy atom. The third-order valence-electron chi connectivity index (χ3n) is 6.81. The standard InChI is InChI=1S/C29H33FN2O5/c1-5-36-29(35)27-20(4)32(26(33)14-25(27)22-9-11-24(30)12-10-22)17-21-7-6-8-23(13-21)28(34)31-15-18(2)37-19(3)16-31/h6-13,18-19,25H,5,14-17H2,1-4H3. The predicted octanol–water partition coefficient (Wildman–Crippen LogP) is 4.43. The Balaban J connectivity index is 1.62. The summed E-state index contributed by atoms with van der Waals surface area (Å²) < 4.78 is 24.6. The van der Waals surface area contributed by atoms with E-state index in [0.717, 1.165) is 5.56 Å². The number of carbonyl (C=O) groups is 3. The maximum Gasteiger partial charge on any atom is 0.336 e. The van der Waals surface area contributed by atoms with Crippen LogP contribution in [-0.2, 0) is 25.6 Å². The van der Waals surface area contributed by atoms with Crippen molar-refractivity contribution in [1.29, 1.82) is 0 Å². The molecular formula is C29H33FN2O5. The number of nitrogens with zero attached hydrogens (tertiary/aromatic N) is 2. The van der Waals surface area contributed by atoms with Crippen LogP contribution in [-0.4, -0.2) is 59.5 Å². The van der Waals surface area contributed by atoms with E-state index in [2.05, 4.69) is 0 Å². The molecule has 1 saturated heterocycles. The van der Waals surface area contributed by atoms with Crippen LogP contribution in [0.2, 0.25) is 0 Å². The Morgan fingerprint density at radius 2 is 1.76 bits per heavy atom. The summed E-state index contributed by atoms with van der Waals surface area (Å²) in [6.45, 7) is 8.80. The smallest absolute Gasteiger partial charge is 0.336 e.